The van der Waals surface area contributed by atoms with E-state index in [0.717, 1.165) is 66.0 Å². The minimum Gasteiger partial charge on any atom is -0.508 e. The number of unbranched alkanes of at least 4 members (excludes halogenated alkanes) is 2. The predicted octanol–water partition coefficient (Wildman–Crippen LogP) is 9.75. The Balaban J connectivity index is 0.000000160. The molecule has 578 valence electrons. The number of phenolic OH excluding ortho intramolecular Hbond substituents is 4. The quantitative estimate of drug-likeness (QED) is 0.0165. The molecule has 24 nitrogen and oxygen atoms in total. The number of Topliss-reactive ketones (excluding diaryl/α,β-unsaturated/α-hetero) is 1. The average Bonchev–Trinajstić information content (AvgIpc) is 0.805. The van der Waals surface area contributed by atoms with E-state index in [-0.39, 0.29) is 51.7 Å². The topological polar surface area (TPSA) is 373 Å². The second-order valence-corrected chi connectivity index (χ2v) is 29.2. The van der Waals surface area contributed by atoms with Crippen LogP contribution in [0.5, 0.6) is 40.2 Å². The SMILES string of the molecule is CC/C(=C(/c1ccc(OCCN(C)C)cc1)c1cccc(O)c1)c1ccccc1.CCCCCc1cc(O)c2c(c1)OC(C)(C)[C@@H]1CCC(C)=C[C@@H]21.COc1cccc2c1C(=O)c1c(O)c3c(c(O)c1C2=O)C[C@@](O)(C(=O)CO)C[C@@H]3O[C@H]1C[C@H](N)[C@H](O)[C@H](C)O1.C[C@H]1O[C@@H](n2cc(F)c(=O)[nH]c2=O)[C@H](O)[C@@H]1O. The molecule has 4 heterocycles. The number of aliphatic hydroxyl groups is 5. The number of aryl methyl sites for hydroxylation is 1. The van der Waals surface area contributed by atoms with Crippen molar-refractivity contribution in [2.45, 2.75) is 185 Å². The highest BCUT2D eigenvalue weighted by Gasteiger charge is 2.51. The number of allylic oxidation sites excluding steroid dienone is 3. The molecule has 7 aromatic rings. The van der Waals surface area contributed by atoms with Gasteiger partial charge in [-0.05, 0) is 157 Å². The number of phenols is 4. The molecule has 6 aliphatic rings. The average molecular weight is 1490 g/mol. The molecule has 0 spiro atoms. The highest BCUT2D eigenvalue weighted by Crippen LogP contribution is 2.55. The number of fused-ring (bicyclic) bond motifs is 6. The van der Waals surface area contributed by atoms with E-state index >= 15 is 0 Å². The van der Waals surface area contributed by atoms with Crippen LogP contribution in [-0.4, -0.2) is 173 Å². The lowest BCUT2D eigenvalue weighted by molar-refractivity contribution is -0.247. The molecule has 13 rings (SSSR count). The second-order valence-electron chi connectivity index (χ2n) is 29.2. The number of rotatable bonds is 18. The number of aromatic hydroxyl groups is 4. The lowest BCUT2D eigenvalue weighted by atomic mass is 9.68. The van der Waals surface area contributed by atoms with Crippen molar-refractivity contribution < 1.29 is 93.2 Å². The Morgan fingerprint density at radius 1 is 0.796 bits per heavy atom. The van der Waals surface area contributed by atoms with E-state index < -0.39 is 137 Å². The number of hydrogen-bond acceptors (Lipinski definition) is 22. The molecule has 0 radical (unpaired) electrons. The zero-order chi connectivity index (χ0) is 78.4. The Hall–Kier alpha value is -9.38. The summed E-state index contributed by atoms with van der Waals surface area (Å²) in [6.45, 7) is 14.6. The van der Waals surface area contributed by atoms with E-state index in [1.54, 1.807) is 18.0 Å². The number of carbonyl (C=O) groups excluding carboxylic acids is 3. The molecule has 0 saturated carbocycles. The Morgan fingerprint density at radius 2 is 1.48 bits per heavy atom. The number of nitrogens with two attached hydrogens (primary N) is 1. The van der Waals surface area contributed by atoms with Crippen molar-refractivity contribution in [2.75, 3.05) is 41.0 Å². The fraction of sp³-hybridized carbons (Fsp3) is 0.434. The van der Waals surface area contributed by atoms with Gasteiger partial charge in [0.2, 0.25) is 11.6 Å². The Kier molecular flexibility index (Phi) is 25.9. The number of benzene rings is 6. The zero-order valence-electron chi connectivity index (χ0n) is 62.5. The van der Waals surface area contributed by atoms with Gasteiger partial charge in [-0.1, -0.05) is 105 Å². The molecule has 3 aliphatic carbocycles. The summed E-state index contributed by atoms with van der Waals surface area (Å²) in [5.74, 6) is -1.77. The summed E-state index contributed by atoms with van der Waals surface area (Å²) < 4.78 is 48.1. The van der Waals surface area contributed by atoms with E-state index in [0.29, 0.717) is 29.0 Å². The summed E-state index contributed by atoms with van der Waals surface area (Å²) >= 11 is 0. The van der Waals surface area contributed by atoms with Crippen LogP contribution in [0, 0.1) is 11.7 Å². The second kappa shape index (κ2) is 34.5. The van der Waals surface area contributed by atoms with Crippen molar-refractivity contribution >= 4 is 28.5 Å². The molecule has 3 aliphatic heterocycles. The summed E-state index contributed by atoms with van der Waals surface area (Å²) in [6, 6.07) is 33.9. The third kappa shape index (κ3) is 17.4. The first kappa shape index (κ1) is 81.1. The largest absolute Gasteiger partial charge is 0.508 e. The van der Waals surface area contributed by atoms with Crippen LogP contribution in [0.2, 0.25) is 0 Å². The zero-order valence-corrected chi connectivity index (χ0v) is 62.5. The molecule has 0 unspecified atom stereocenters. The fourth-order valence-electron chi connectivity index (χ4n) is 15.2. The van der Waals surface area contributed by atoms with Gasteiger partial charge in [-0.25, -0.2) is 4.79 Å². The molecule has 0 amide bonds. The molecule has 25 heteroatoms. The minimum atomic E-state index is -2.24. The summed E-state index contributed by atoms with van der Waals surface area (Å²) in [5, 5.41) is 93.5. The van der Waals surface area contributed by atoms with Gasteiger partial charge < -0.3 is 85.0 Å². The summed E-state index contributed by atoms with van der Waals surface area (Å²) in [7, 11) is 5.39. The van der Waals surface area contributed by atoms with Crippen LogP contribution in [-0.2, 0) is 31.8 Å². The van der Waals surface area contributed by atoms with Crippen LogP contribution in [0.4, 0.5) is 4.39 Å². The van der Waals surface area contributed by atoms with Crippen molar-refractivity contribution in [3.63, 3.8) is 0 Å². The monoisotopic (exact) mass is 1490 g/mol. The third-order valence-electron chi connectivity index (χ3n) is 20.9. The van der Waals surface area contributed by atoms with Crippen LogP contribution >= 0.6 is 0 Å². The maximum atomic E-state index is 13.6. The maximum absolute atomic E-state index is 13.6. The van der Waals surface area contributed by atoms with Gasteiger partial charge in [0.25, 0.3) is 5.56 Å². The number of hydrogen-bond donors (Lipinski definition) is 11. The summed E-state index contributed by atoms with van der Waals surface area (Å²) in [5.41, 5.74) is 9.46. The number of ether oxygens (including phenoxy) is 6. The molecular formula is C83H99FN4O20. The molecular weight excluding hydrogens is 1390 g/mol. The number of H-pyrrole nitrogens is 1. The number of ketones is 3. The number of aromatic nitrogens is 2. The van der Waals surface area contributed by atoms with Crippen molar-refractivity contribution in [1.82, 2.24) is 14.5 Å². The normalized spacial score (nSPS) is 24.5. The van der Waals surface area contributed by atoms with Gasteiger partial charge in [0, 0.05) is 65.9 Å². The maximum Gasteiger partial charge on any atom is 0.330 e. The molecule has 108 heavy (non-hydrogen) atoms. The summed E-state index contributed by atoms with van der Waals surface area (Å²) in [4.78, 5) is 65.8. The van der Waals surface area contributed by atoms with Crippen molar-refractivity contribution in [3.05, 3.63) is 215 Å². The number of nitrogens with one attached hydrogen (secondary N) is 1. The number of aliphatic hydroxyl groups excluding tert-OH is 4. The van der Waals surface area contributed by atoms with Crippen LogP contribution in [0.3, 0.4) is 0 Å². The predicted molar refractivity (Wildman–Crippen MR) is 401 cm³/mol. The number of carbonyl (C=O) groups is 3. The van der Waals surface area contributed by atoms with Crippen LogP contribution < -0.4 is 31.2 Å². The van der Waals surface area contributed by atoms with Crippen molar-refractivity contribution in [3.8, 4) is 40.2 Å². The number of likely N-dealkylation sites (N-methyl/N-ethyl adjacent to an activating group) is 1. The number of nitrogens with zero attached hydrogens (tertiary/aromatic N) is 2. The van der Waals surface area contributed by atoms with Gasteiger partial charge in [0.15, 0.2) is 24.1 Å². The van der Waals surface area contributed by atoms with E-state index in [1.165, 1.54) is 73.8 Å². The Bertz CT molecular complexity index is 4600. The molecule has 12 atom stereocenters. The first-order chi connectivity index (χ1) is 51.3. The van der Waals surface area contributed by atoms with Gasteiger partial charge in [0.1, 0.15) is 76.9 Å². The highest BCUT2D eigenvalue weighted by atomic mass is 19.1. The smallest absolute Gasteiger partial charge is 0.330 e. The summed E-state index contributed by atoms with van der Waals surface area (Å²) in [6.07, 6.45) is 1.20. The number of halogens is 1. The van der Waals surface area contributed by atoms with Crippen molar-refractivity contribution in [2.24, 2.45) is 11.7 Å². The minimum absolute atomic E-state index is 0.0173. The van der Waals surface area contributed by atoms with E-state index in [4.69, 9.17) is 34.2 Å². The lowest BCUT2D eigenvalue weighted by Crippen LogP contribution is -2.53. The highest BCUT2D eigenvalue weighted by molar-refractivity contribution is 6.31. The molecule has 12 N–H and O–H groups in total. The molecule has 2 saturated heterocycles. The van der Waals surface area contributed by atoms with Crippen LogP contribution in [0.25, 0.3) is 11.1 Å². The van der Waals surface area contributed by atoms with Crippen molar-refractivity contribution in [1.29, 1.82) is 0 Å². The first-order valence-electron chi connectivity index (χ1n) is 36.5. The van der Waals surface area contributed by atoms with E-state index in [2.05, 4.69) is 94.1 Å². The van der Waals surface area contributed by atoms with Gasteiger partial charge in [-0.2, -0.15) is 4.39 Å². The third-order valence-corrected chi connectivity index (χ3v) is 20.9. The van der Waals surface area contributed by atoms with Crippen LogP contribution in [0.15, 0.2) is 137 Å². The standard InChI is InChI=1S/C27H29NO11.C26H29NO2.C21H30O2.C9H11FN2O5/c1-10-22(31)13(28)6-17(38-10)39-15-8-27(36,16(30)9-29)7-12-19(15)26(35)21-20(24(12)33)23(32)11-4-3-5-14(37-2)18(11)25(21)34;1-4-25(20-9-6-5-7-10-20)26(22-11-8-12-23(28)19-22)21-13-15-24(16-14-21)29-18-17-27(2)3;1-5-6-7-8-15-12-18(22)20-16-11-14(2)9-10-17(16)21(3,4)23-19(20)13-15;1-3-5(13)6(14)8(17-3)12-2-4(10)7(15)11-9(12)16/h3-5,10,13,15,17,22,29,31,33,35-36H,6-9,28H2,1-2H3;5-16,19,28H,4,17-18H2,1-3H3;11-13,16-17,22H,5-10H2,1-4H3;2-3,5-6,8,13-14H,1H3,(H,11,15,16)/b;26-25+;;/t10-,13-,15-,17-,22+,27-;;16-,17-;3-,5-,6-,8-/m0.11/s1. The molecule has 1 aromatic heterocycles. The molecule has 6 aromatic carbocycles. The Labute approximate surface area is 626 Å². The van der Waals surface area contributed by atoms with Crippen LogP contribution in [0.1, 0.15) is 189 Å². The Morgan fingerprint density at radius 3 is 2.12 bits per heavy atom. The molecule has 2 fully saturated rings. The van der Waals surface area contributed by atoms with E-state index in [1.807, 2.05) is 50.5 Å². The lowest BCUT2D eigenvalue weighted by Gasteiger charge is -2.46. The number of methoxy groups -OCH3 is 1. The van der Waals surface area contributed by atoms with E-state index in [9.17, 15) is 74.3 Å². The van der Waals surface area contributed by atoms with Gasteiger partial charge >= 0.3 is 5.69 Å². The van der Waals surface area contributed by atoms with Gasteiger partial charge in [0.05, 0.1) is 54.4 Å². The fourth-order valence-corrected chi connectivity index (χ4v) is 15.2. The van der Waals surface area contributed by atoms with Gasteiger partial charge in [-0.15, -0.1) is 0 Å². The van der Waals surface area contributed by atoms with Gasteiger partial charge in [-0.3, -0.25) is 28.7 Å². The molecule has 0 bridgehead atoms. The first-order valence-corrected chi connectivity index (χ1v) is 36.5. The number of aromatic amines is 1.